The normalized spacial score (nSPS) is 16.3. The van der Waals surface area contributed by atoms with Gasteiger partial charge < -0.3 is 5.32 Å². The number of piperidine rings is 1. The fourth-order valence-corrected chi connectivity index (χ4v) is 6.69. The molecule has 1 saturated heterocycles. The summed E-state index contributed by atoms with van der Waals surface area (Å²) in [5.41, 5.74) is 0.199. The summed E-state index contributed by atoms with van der Waals surface area (Å²) in [6.45, 7) is 0.246. The number of nitrogens with one attached hydrogen (secondary N) is 1. The lowest BCUT2D eigenvalue weighted by molar-refractivity contribution is -0.120. The smallest absolute Gasteiger partial charge is 0.243 e. The molecular weight excluding hydrogens is 477 g/mol. The molecule has 4 rings (SSSR count). The average molecular weight is 498 g/mol. The van der Waals surface area contributed by atoms with Gasteiger partial charge in [-0.3, -0.25) is 4.79 Å². The van der Waals surface area contributed by atoms with Crippen LogP contribution in [0, 0.1) is 11.7 Å². The number of halogens is 1. The number of anilines is 1. The zero-order valence-electron chi connectivity index (χ0n) is 17.0. The number of nitrogens with zero attached hydrogens (tertiary/aromatic N) is 2. The minimum Gasteiger partial charge on any atom is -0.302 e. The molecule has 1 aliphatic rings. The molecule has 12 heteroatoms. The molecule has 1 N–H and O–H groups in total. The molecule has 32 heavy (non-hydrogen) atoms. The maximum atomic E-state index is 13.8. The van der Waals surface area contributed by atoms with Crippen molar-refractivity contribution in [3.63, 3.8) is 0 Å². The Balaban J connectivity index is 1.43. The first kappa shape index (κ1) is 22.8. The molecule has 1 amide bonds. The lowest BCUT2D eigenvalue weighted by Crippen LogP contribution is -2.41. The molecule has 0 unspecified atom stereocenters. The van der Waals surface area contributed by atoms with Gasteiger partial charge in [0.2, 0.25) is 15.9 Å². The molecule has 2 aromatic carbocycles. The van der Waals surface area contributed by atoms with Gasteiger partial charge in [0.15, 0.2) is 15.0 Å². The average Bonchev–Trinajstić information content (AvgIpc) is 3.17. The fourth-order valence-electron chi connectivity index (χ4n) is 3.55. The number of benzene rings is 2. The summed E-state index contributed by atoms with van der Waals surface area (Å²) in [5.74, 6) is -1.17. The zero-order chi connectivity index (χ0) is 23.1. The number of amides is 1. The summed E-state index contributed by atoms with van der Waals surface area (Å²) in [6.07, 6.45) is 1.62. The van der Waals surface area contributed by atoms with E-state index in [1.54, 1.807) is 12.1 Å². The van der Waals surface area contributed by atoms with Crippen molar-refractivity contribution in [2.24, 2.45) is 5.92 Å². The van der Waals surface area contributed by atoms with Crippen LogP contribution >= 0.6 is 11.3 Å². The lowest BCUT2D eigenvalue weighted by atomic mass is 9.97. The van der Waals surface area contributed by atoms with E-state index in [1.807, 2.05) is 0 Å². The van der Waals surface area contributed by atoms with Crippen molar-refractivity contribution >= 4 is 52.5 Å². The van der Waals surface area contributed by atoms with Crippen LogP contribution in [0.2, 0.25) is 0 Å². The third-order valence-corrected chi connectivity index (χ3v) is 9.24. The molecule has 0 radical (unpaired) electrons. The Morgan fingerprint density at radius 2 is 1.75 bits per heavy atom. The zero-order valence-corrected chi connectivity index (χ0v) is 19.4. The maximum absolute atomic E-state index is 13.8. The van der Waals surface area contributed by atoms with Crippen molar-refractivity contribution in [1.82, 2.24) is 9.29 Å². The lowest BCUT2D eigenvalue weighted by Gasteiger charge is -2.30. The Morgan fingerprint density at radius 3 is 2.41 bits per heavy atom. The predicted octanol–water partition coefficient (Wildman–Crippen LogP) is 2.88. The van der Waals surface area contributed by atoms with Crippen LogP contribution in [-0.2, 0) is 24.7 Å². The van der Waals surface area contributed by atoms with E-state index in [0.29, 0.717) is 22.7 Å². The Morgan fingerprint density at radius 1 is 1.09 bits per heavy atom. The number of thiazole rings is 1. The van der Waals surface area contributed by atoms with Gasteiger partial charge in [-0.25, -0.2) is 26.2 Å². The Hall–Kier alpha value is -2.41. The molecule has 0 bridgehead atoms. The first-order valence-electron chi connectivity index (χ1n) is 9.72. The van der Waals surface area contributed by atoms with Gasteiger partial charge in [0.25, 0.3) is 0 Å². The molecule has 1 fully saturated rings. The number of carbonyl (C=O) groups excluding carboxylic acids is 1. The minimum absolute atomic E-state index is 0.0693. The van der Waals surface area contributed by atoms with Gasteiger partial charge in [0, 0.05) is 25.3 Å². The quantitative estimate of drug-likeness (QED) is 0.580. The number of aromatic nitrogens is 1. The van der Waals surface area contributed by atoms with E-state index in [1.165, 1.54) is 39.9 Å². The summed E-state index contributed by atoms with van der Waals surface area (Å²) >= 11 is 1.17. The van der Waals surface area contributed by atoms with Gasteiger partial charge in [0.1, 0.15) is 11.3 Å². The number of fused-ring (bicyclic) bond motifs is 1. The summed E-state index contributed by atoms with van der Waals surface area (Å²) in [6, 6.07) is 9.83. The summed E-state index contributed by atoms with van der Waals surface area (Å²) in [7, 11) is -7.43. The fraction of sp³-hybridized carbons (Fsp3) is 0.300. The van der Waals surface area contributed by atoms with E-state index in [4.69, 9.17) is 0 Å². The second-order valence-corrected chi connectivity index (χ2v) is 12.5. The molecule has 0 saturated carbocycles. The molecule has 0 spiro atoms. The number of hydrogen-bond donors (Lipinski definition) is 1. The number of rotatable bonds is 5. The van der Waals surface area contributed by atoms with Gasteiger partial charge in [-0.1, -0.05) is 23.5 Å². The Labute approximate surface area is 189 Å². The van der Waals surface area contributed by atoms with E-state index >= 15 is 0 Å². The molecule has 0 aliphatic carbocycles. The third-order valence-electron chi connectivity index (χ3n) is 5.30. The van der Waals surface area contributed by atoms with Crippen LogP contribution in [0.15, 0.2) is 52.3 Å². The molecule has 8 nitrogen and oxygen atoms in total. The molecule has 3 aromatic rings. The van der Waals surface area contributed by atoms with Crippen molar-refractivity contribution in [2.45, 2.75) is 22.6 Å². The molecular formula is C20H20FN3O5S3. The Kier molecular flexibility index (Phi) is 6.05. The van der Waals surface area contributed by atoms with E-state index in [2.05, 4.69) is 10.3 Å². The van der Waals surface area contributed by atoms with Gasteiger partial charge in [-0.05, 0) is 43.2 Å². The van der Waals surface area contributed by atoms with E-state index in [0.717, 1.165) is 12.3 Å². The highest BCUT2D eigenvalue weighted by atomic mass is 32.2. The molecule has 170 valence electrons. The molecule has 1 aromatic heterocycles. The van der Waals surface area contributed by atoms with Crippen molar-refractivity contribution < 1.29 is 26.0 Å². The highest BCUT2D eigenvalue weighted by Crippen LogP contribution is 2.30. The largest absolute Gasteiger partial charge is 0.302 e. The standard InChI is InChI=1S/C20H20FN3O5S3/c1-31(26,27)14-4-2-5-15(12-14)32(28,29)24-10-8-13(9-11-24)19(25)23-20-22-18-16(21)6-3-7-17(18)30-20/h2-7,12-13H,8-11H2,1H3,(H,22,23,25). The third kappa shape index (κ3) is 4.53. The minimum atomic E-state index is -3.89. The number of carbonyl (C=O) groups is 1. The van der Waals surface area contributed by atoms with Crippen LogP contribution in [0.4, 0.5) is 9.52 Å². The summed E-state index contributed by atoms with van der Waals surface area (Å²) in [4.78, 5) is 16.6. The van der Waals surface area contributed by atoms with Crippen LogP contribution in [0.5, 0.6) is 0 Å². The van der Waals surface area contributed by atoms with Crippen molar-refractivity contribution in [3.05, 3.63) is 48.3 Å². The number of para-hydroxylation sites is 1. The highest BCUT2D eigenvalue weighted by molar-refractivity contribution is 7.91. The summed E-state index contributed by atoms with van der Waals surface area (Å²) < 4.78 is 65.1. The number of sulfone groups is 1. The van der Waals surface area contributed by atoms with E-state index in [9.17, 15) is 26.0 Å². The van der Waals surface area contributed by atoms with Crippen LogP contribution in [0.3, 0.4) is 0 Å². The van der Waals surface area contributed by atoms with Crippen LogP contribution in [0.1, 0.15) is 12.8 Å². The van der Waals surface area contributed by atoms with Crippen LogP contribution in [-0.4, -0.2) is 51.4 Å². The second kappa shape index (κ2) is 8.50. The van der Waals surface area contributed by atoms with Crippen molar-refractivity contribution in [3.8, 4) is 0 Å². The van der Waals surface area contributed by atoms with E-state index in [-0.39, 0.29) is 34.3 Å². The van der Waals surface area contributed by atoms with Crippen molar-refractivity contribution in [2.75, 3.05) is 24.7 Å². The maximum Gasteiger partial charge on any atom is 0.243 e. The summed E-state index contributed by atoms with van der Waals surface area (Å²) in [5, 5.41) is 3.00. The van der Waals surface area contributed by atoms with Gasteiger partial charge >= 0.3 is 0 Å². The highest BCUT2D eigenvalue weighted by Gasteiger charge is 2.32. The first-order valence-corrected chi connectivity index (χ1v) is 13.9. The second-order valence-electron chi connectivity index (χ2n) is 7.52. The monoisotopic (exact) mass is 497 g/mol. The first-order chi connectivity index (χ1) is 15.1. The van der Waals surface area contributed by atoms with E-state index < -0.39 is 31.6 Å². The molecule has 2 heterocycles. The number of sulfonamides is 1. The van der Waals surface area contributed by atoms with Gasteiger partial charge in [-0.2, -0.15) is 4.31 Å². The predicted molar refractivity (Wildman–Crippen MR) is 119 cm³/mol. The van der Waals surface area contributed by atoms with Gasteiger partial charge in [-0.15, -0.1) is 0 Å². The number of hydrogen-bond acceptors (Lipinski definition) is 7. The molecule has 0 atom stereocenters. The SMILES string of the molecule is CS(=O)(=O)c1cccc(S(=O)(=O)N2CCC(C(=O)Nc3nc4c(F)cccc4s3)CC2)c1. The topological polar surface area (TPSA) is 114 Å². The Bertz CT molecular complexity index is 1390. The van der Waals surface area contributed by atoms with Gasteiger partial charge in [0.05, 0.1) is 14.5 Å². The van der Waals surface area contributed by atoms with Crippen LogP contribution < -0.4 is 5.32 Å². The molecule has 1 aliphatic heterocycles. The van der Waals surface area contributed by atoms with Crippen LogP contribution in [0.25, 0.3) is 10.2 Å². The van der Waals surface area contributed by atoms with Crippen molar-refractivity contribution in [1.29, 1.82) is 0 Å².